The minimum atomic E-state index is -0.273. The number of benzene rings is 1. The van der Waals surface area contributed by atoms with Crippen molar-refractivity contribution in [3.63, 3.8) is 0 Å². The van der Waals surface area contributed by atoms with Gasteiger partial charge in [-0.3, -0.25) is 9.59 Å². The van der Waals surface area contributed by atoms with Crippen molar-refractivity contribution in [1.82, 2.24) is 10.2 Å². The maximum Gasteiger partial charge on any atom is 0.244 e. The van der Waals surface area contributed by atoms with Gasteiger partial charge in [0.25, 0.3) is 0 Å². The average molecular weight is 372 g/mol. The fourth-order valence-electron chi connectivity index (χ4n) is 2.81. The summed E-state index contributed by atoms with van der Waals surface area (Å²) >= 11 is 12.0. The molecule has 2 N–H and O–H groups in total. The Hall–Kier alpha value is -1.30. The van der Waals surface area contributed by atoms with E-state index in [1.54, 1.807) is 23.1 Å². The Morgan fingerprint density at radius 1 is 1.38 bits per heavy atom. The number of anilines is 1. The fraction of sp³-hybridized carbons (Fsp3) is 0.529. The van der Waals surface area contributed by atoms with Crippen LogP contribution in [0.15, 0.2) is 18.2 Å². The minimum absolute atomic E-state index is 0.0199. The molecule has 1 heterocycles. The van der Waals surface area contributed by atoms with Crippen molar-refractivity contribution < 1.29 is 9.59 Å². The number of hydrogen-bond donors (Lipinski definition) is 2. The van der Waals surface area contributed by atoms with E-state index < -0.39 is 0 Å². The zero-order valence-electron chi connectivity index (χ0n) is 13.8. The molecular weight excluding hydrogens is 349 g/mol. The number of carbonyl (C=O) groups is 2. The molecule has 1 unspecified atom stereocenters. The Labute approximate surface area is 152 Å². The number of carbonyl (C=O) groups excluding carboxylic acids is 2. The Kier molecular flexibility index (Phi) is 7.34. The van der Waals surface area contributed by atoms with E-state index in [1.165, 1.54) is 0 Å². The van der Waals surface area contributed by atoms with Crippen LogP contribution in [0.1, 0.15) is 26.2 Å². The van der Waals surface area contributed by atoms with E-state index in [2.05, 4.69) is 10.6 Å². The summed E-state index contributed by atoms with van der Waals surface area (Å²) < 4.78 is 0. The van der Waals surface area contributed by atoms with E-state index in [-0.39, 0.29) is 24.3 Å². The van der Waals surface area contributed by atoms with Gasteiger partial charge in [0, 0.05) is 18.1 Å². The summed E-state index contributed by atoms with van der Waals surface area (Å²) in [7, 11) is 0. The third kappa shape index (κ3) is 5.36. The second kappa shape index (κ2) is 9.25. The topological polar surface area (TPSA) is 61.4 Å². The van der Waals surface area contributed by atoms with Crippen LogP contribution in [-0.4, -0.2) is 42.9 Å². The molecule has 1 atom stereocenters. The first-order chi connectivity index (χ1) is 11.5. The van der Waals surface area contributed by atoms with Crippen molar-refractivity contribution >= 4 is 40.7 Å². The number of nitrogens with zero attached hydrogens (tertiary/aromatic N) is 1. The molecule has 0 saturated carbocycles. The SMILES string of the molecule is CCCN(CC(=O)Nc1cc(Cl)ccc1Cl)C(=O)C1CCCNC1. The zero-order chi connectivity index (χ0) is 17.5. The predicted molar refractivity (Wildman–Crippen MR) is 97.6 cm³/mol. The Bertz CT molecular complexity index is 589. The van der Waals surface area contributed by atoms with Gasteiger partial charge in [0.05, 0.1) is 23.2 Å². The van der Waals surface area contributed by atoms with Crippen molar-refractivity contribution in [1.29, 1.82) is 0 Å². The maximum atomic E-state index is 12.7. The second-order valence-electron chi connectivity index (χ2n) is 5.98. The molecule has 24 heavy (non-hydrogen) atoms. The van der Waals surface area contributed by atoms with E-state index in [0.717, 1.165) is 25.8 Å². The van der Waals surface area contributed by atoms with Crippen molar-refractivity contribution in [2.24, 2.45) is 5.92 Å². The third-order valence-electron chi connectivity index (χ3n) is 3.99. The highest BCUT2D eigenvalue weighted by atomic mass is 35.5. The molecule has 2 rings (SSSR count). The lowest BCUT2D eigenvalue weighted by molar-refractivity contribution is -0.138. The van der Waals surface area contributed by atoms with Crippen LogP contribution in [0.2, 0.25) is 10.0 Å². The number of nitrogens with one attached hydrogen (secondary N) is 2. The Morgan fingerprint density at radius 3 is 2.83 bits per heavy atom. The van der Waals surface area contributed by atoms with Crippen LogP contribution in [-0.2, 0) is 9.59 Å². The highest BCUT2D eigenvalue weighted by Crippen LogP contribution is 2.25. The van der Waals surface area contributed by atoms with Gasteiger partial charge in [-0.25, -0.2) is 0 Å². The molecular formula is C17H23Cl2N3O2. The van der Waals surface area contributed by atoms with Gasteiger partial charge in [0.2, 0.25) is 11.8 Å². The molecule has 0 aromatic heterocycles. The van der Waals surface area contributed by atoms with Crippen molar-refractivity contribution in [2.75, 3.05) is 31.5 Å². The number of hydrogen-bond acceptors (Lipinski definition) is 3. The minimum Gasteiger partial charge on any atom is -0.333 e. The molecule has 1 aromatic carbocycles. The average Bonchev–Trinajstić information content (AvgIpc) is 2.58. The first kappa shape index (κ1) is 19.0. The molecule has 1 aromatic rings. The van der Waals surface area contributed by atoms with Crippen LogP contribution in [0.3, 0.4) is 0 Å². The normalized spacial score (nSPS) is 17.4. The molecule has 7 heteroatoms. The van der Waals surface area contributed by atoms with Crippen molar-refractivity contribution in [2.45, 2.75) is 26.2 Å². The van der Waals surface area contributed by atoms with E-state index in [4.69, 9.17) is 23.2 Å². The van der Waals surface area contributed by atoms with E-state index in [1.807, 2.05) is 6.92 Å². The summed E-state index contributed by atoms with van der Waals surface area (Å²) in [5.41, 5.74) is 0.456. The van der Waals surface area contributed by atoms with Crippen LogP contribution in [0, 0.1) is 5.92 Å². The van der Waals surface area contributed by atoms with Gasteiger partial charge in [-0.15, -0.1) is 0 Å². The summed E-state index contributed by atoms with van der Waals surface area (Å²) in [6.07, 6.45) is 2.66. The third-order valence-corrected chi connectivity index (χ3v) is 4.55. The van der Waals surface area contributed by atoms with Gasteiger partial charge in [0.1, 0.15) is 0 Å². The summed E-state index contributed by atoms with van der Waals surface area (Å²) in [6.45, 7) is 4.20. The number of amides is 2. The summed E-state index contributed by atoms with van der Waals surface area (Å²) in [6, 6.07) is 4.88. The van der Waals surface area contributed by atoms with Gasteiger partial charge in [0.15, 0.2) is 0 Å². The Morgan fingerprint density at radius 2 is 2.17 bits per heavy atom. The molecule has 0 spiro atoms. The quantitative estimate of drug-likeness (QED) is 0.806. The van der Waals surface area contributed by atoms with Gasteiger partial charge in [-0.05, 0) is 44.0 Å². The van der Waals surface area contributed by atoms with E-state index >= 15 is 0 Å². The lowest BCUT2D eigenvalue weighted by atomic mass is 9.98. The second-order valence-corrected chi connectivity index (χ2v) is 6.82. The van der Waals surface area contributed by atoms with Crippen LogP contribution in [0.25, 0.3) is 0 Å². The number of piperidine rings is 1. The maximum absolute atomic E-state index is 12.7. The number of rotatable bonds is 6. The molecule has 132 valence electrons. The zero-order valence-corrected chi connectivity index (χ0v) is 15.3. The van der Waals surface area contributed by atoms with Crippen LogP contribution < -0.4 is 10.6 Å². The molecule has 5 nitrogen and oxygen atoms in total. The first-order valence-electron chi connectivity index (χ1n) is 8.25. The summed E-state index contributed by atoms with van der Waals surface area (Å²) in [4.78, 5) is 26.6. The fourth-order valence-corrected chi connectivity index (χ4v) is 3.15. The molecule has 1 aliphatic heterocycles. The monoisotopic (exact) mass is 371 g/mol. The first-order valence-corrected chi connectivity index (χ1v) is 9.01. The lowest BCUT2D eigenvalue weighted by Gasteiger charge is -2.29. The molecule has 0 radical (unpaired) electrons. The molecule has 1 fully saturated rings. The molecule has 0 aliphatic carbocycles. The van der Waals surface area contributed by atoms with E-state index in [0.29, 0.717) is 28.8 Å². The van der Waals surface area contributed by atoms with Gasteiger partial charge < -0.3 is 15.5 Å². The van der Waals surface area contributed by atoms with Crippen molar-refractivity contribution in [3.05, 3.63) is 28.2 Å². The summed E-state index contributed by atoms with van der Waals surface area (Å²) in [5.74, 6) is -0.283. The summed E-state index contributed by atoms with van der Waals surface area (Å²) in [5, 5.41) is 6.88. The molecule has 2 amide bonds. The standard InChI is InChI=1S/C17H23Cl2N3O2/c1-2-8-22(17(24)12-4-3-7-20-10-12)11-16(23)21-15-9-13(18)5-6-14(15)19/h5-6,9,12,20H,2-4,7-8,10-11H2,1H3,(H,21,23). The number of halogens is 2. The van der Waals surface area contributed by atoms with Gasteiger partial charge in [-0.2, -0.15) is 0 Å². The van der Waals surface area contributed by atoms with Crippen LogP contribution in [0.5, 0.6) is 0 Å². The molecule has 1 aliphatic rings. The van der Waals surface area contributed by atoms with Gasteiger partial charge >= 0.3 is 0 Å². The predicted octanol–water partition coefficient (Wildman–Crippen LogP) is 3.17. The highest BCUT2D eigenvalue weighted by Gasteiger charge is 2.26. The Balaban J connectivity index is 1.99. The smallest absolute Gasteiger partial charge is 0.244 e. The lowest BCUT2D eigenvalue weighted by Crippen LogP contribution is -2.46. The highest BCUT2D eigenvalue weighted by molar-refractivity contribution is 6.35. The van der Waals surface area contributed by atoms with Crippen molar-refractivity contribution in [3.8, 4) is 0 Å². The van der Waals surface area contributed by atoms with Crippen LogP contribution in [0.4, 0.5) is 5.69 Å². The molecule has 0 bridgehead atoms. The van der Waals surface area contributed by atoms with Gasteiger partial charge in [-0.1, -0.05) is 30.1 Å². The largest absolute Gasteiger partial charge is 0.333 e. The van der Waals surface area contributed by atoms with Crippen LogP contribution >= 0.6 is 23.2 Å². The van der Waals surface area contributed by atoms with E-state index in [9.17, 15) is 9.59 Å². The molecule has 1 saturated heterocycles.